The van der Waals surface area contributed by atoms with Gasteiger partial charge in [-0.15, -0.1) is 11.8 Å². The fourth-order valence-electron chi connectivity index (χ4n) is 2.67. The summed E-state index contributed by atoms with van der Waals surface area (Å²) >= 11 is 1.58. The van der Waals surface area contributed by atoms with Gasteiger partial charge in [0, 0.05) is 18.8 Å². The minimum absolute atomic E-state index is 0.0149. The highest BCUT2D eigenvalue weighted by atomic mass is 32.2. The summed E-state index contributed by atoms with van der Waals surface area (Å²) in [5.41, 5.74) is 2.22. The Labute approximate surface area is 166 Å². The summed E-state index contributed by atoms with van der Waals surface area (Å²) < 4.78 is 0. The SMILES string of the molecule is CCCNC(=O)[C@@H](C)N(Cc1ccccc1)C(=O)CSCc1ccccc1. The van der Waals surface area contributed by atoms with Gasteiger partial charge in [0.05, 0.1) is 5.75 Å². The Morgan fingerprint density at radius 1 is 1.00 bits per heavy atom. The van der Waals surface area contributed by atoms with Crippen molar-refractivity contribution in [2.24, 2.45) is 0 Å². The van der Waals surface area contributed by atoms with E-state index in [1.165, 1.54) is 5.56 Å². The maximum atomic E-state index is 12.9. The van der Waals surface area contributed by atoms with Crippen molar-refractivity contribution < 1.29 is 9.59 Å². The molecule has 0 unspecified atom stereocenters. The Hall–Kier alpha value is -2.27. The molecule has 0 aromatic heterocycles. The number of hydrogen-bond acceptors (Lipinski definition) is 3. The number of benzene rings is 2. The lowest BCUT2D eigenvalue weighted by molar-refractivity contribution is -0.138. The van der Waals surface area contributed by atoms with Gasteiger partial charge in [0.15, 0.2) is 0 Å². The number of nitrogens with one attached hydrogen (secondary N) is 1. The van der Waals surface area contributed by atoms with Gasteiger partial charge in [-0.2, -0.15) is 0 Å². The highest BCUT2D eigenvalue weighted by molar-refractivity contribution is 7.99. The van der Waals surface area contributed by atoms with Crippen LogP contribution in [0.25, 0.3) is 0 Å². The van der Waals surface area contributed by atoms with Crippen molar-refractivity contribution in [2.45, 2.75) is 38.6 Å². The molecule has 2 amide bonds. The summed E-state index contributed by atoms with van der Waals surface area (Å²) in [6.45, 7) is 4.87. The predicted octanol–water partition coefficient (Wildman–Crippen LogP) is 3.86. The maximum absolute atomic E-state index is 12.9. The first-order chi connectivity index (χ1) is 13.1. The zero-order valence-electron chi connectivity index (χ0n) is 16.1. The summed E-state index contributed by atoms with van der Waals surface area (Å²) in [6, 6.07) is 19.4. The van der Waals surface area contributed by atoms with Crippen LogP contribution < -0.4 is 5.32 Å². The van der Waals surface area contributed by atoms with E-state index in [1.807, 2.05) is 55.5 Å². The molecular weight excluding hydrogens is 356 g/mol. The third-order valence-corrected chi connectivity index (χ3v) is 5.24. The third kappa shape index (κ3) is 7.10. The Morgan fingerprint density at radius 3 is 2.19 bits per heavy atom. The molecule has 2 aromatic carbocycles. The molecule has 0 saturated carbocycles. The molecule has 0 heterocycles. The van der Waals surface area contributed by atoms with E-state index in [4.69, 9.17) is 0 Å². The van der Waals surface area contributed by atoms with Crippen molar-refractivity contribution >= 4 is 23.6 Å². The average Bonchev–Trinajstić information content (AvgIpc) is 2.71. The molecule has 0 fully saturated rings. The number of hydrogen-bond donors (Lipinski definition) is 1. The molecule has 144 valence electrons. The molecule has 2 aromatic rings. The number of carbonyl (C=O) groups excluding carboxylic acids is 2. The van der Waals surface area contributed by atoms with Crippen molar-refractivity contribution in [3.63, 3.8) is 0 Å². The Kier molecular flexibility index (Phi) is 8.92. The van der Waals surface area contributed by atoms with Crippen molar-refractivity contribution in [2.75, 3.05) is 12.3 Å². The quantitative estimate of drug-likeness (QED) is 0.677. The van der Waals surface area contributed by atoms with Crippen molar-refractivity contribution in [3.8, 4) is 0 Å². The molecule has 1 N–H and O–H groups in total. The molecule has 1 atom stereocenters. The van der Waals surface area contributed by atoms with Gasteiger partial charge in [0.2, 0.25) is 11.8 Å². The topological polar surface area (TPSA) is 49.4 Å². The summed E-state index contributed by atoms with van der Waals surface area (Å²) in [5.74, 6) is 1.02. The average molecular weight is 385 g/mol. The molecule has 0 bridgehead atoms. The lowest BCUT2D eigenvalue weighted by atomic mass is 10.1. The van der Waals surface area contributed by atoms with Gasteiger partial charge in [-0.05, 0) is 24.5 Å². The lowest BCUT2D eigenvalue weighted by Gasteiger charge is -2.28. The van der Waals surface area contributed by atoms with Crippen LogP contribution in [0.4, 0.5) is 0 Å². The summed E-state index contributed by atoms with van der Waals surface area (Å²) in [6.07, 6.45) is 0.873. The summed E-state index contributed by atoms with van der Waals surface area (Å²) in [7, 11) is 0. The molecule has 0 spiro atoms. The van der Waals surface area contributed by atoms with Crippen LogP contribution in [0.1, 0.15) is 31.4 Å². The minimum atomic E-state index is -0.499. The van der Waals surface area contributed by atoms with Crippen molar-refractivity contribution in [1.29, 1.82) is 0 Å². The van der Waals surface area contributed by atoms with Gasteiger partial charge in [0.1, 0.15) is 6.04 Å². The second-order valence-corrected chi connectivity index (χ2v) is 7.44. The number of rotatable bonds is 10. The van der Waals surface area contributed by atoms with Crippen LogP contribution in [0.15, 0.2) is 60.7 Å². The molecule has 0 saturated heterocycles. The van der Waals surface area contributed by atoms with Crippen LogP contribution in [0.3, 0.4) is 0 Å². The third-order valence-electron chi connectivity index (χ3n) is 4.25. The molecule has 0 aliphatic heterocycles. The van der Waals surface area contributed by atoms with Gasteiger partial charge >= 0.3 is 0 Å². The minimum Gasteiger partial charge on any atom is -0.354 e. The molecule has 5 heteroatoms. The van der Waals surface area contributed by atoms with Gasteiger partial charge in [-0.25, -0.2) is 0 Å². The molecular formula is C22H28N2O2S. The van der Waals surface area contributed by atoms with Crippen molar-refractivity contribution in [1.82, 2.24) is 10.2 Å². The smallest absolute Gasteiger partial charge is 0.242 e. The van der Waals surface area contributed by atoms with Gasteiger partial charge in [0.25, 0.3) is 0 Å². The largest absolute Gasteiger partial charge is 0.354 e. The van der Waals surface area contributed by atoms with Crippen LogP contribution in [-0.2, 0) is 21.9 Å². The molecule has 4 nitrogen and oxygen atoms in total. The molecule has 27 heavy (non-hydrogen) atoms. The van der Waals surface area contributed by atoms with Crippen LogP contribution >= 0.6 is 11.8 Å². The van der Waals surface area contributed by atoms with E-state index in [0.29, 0.717) is 18.8 Å². The molecule has 0 aliphatic rings. The first-order valence-electron chi connectivity index (χ1n) is 9.34. The highest BCUT2D eigenvalue weighted by Crippen LogP contribution is 2.15. The zero-order chi connectivity index (χ0) is 19.5. The van der Waals surface area contributed by atoms with Crippen LogP contribution in [0.5, 0.6) is 0 Å². The number of thioether (sulfide) groups is 1. The predicted molar refractivity (Wildman–Crippen MR) is 112 cm³/mol. The molecule has 0 radical (unpaired) electrons. The molecule has 0 aliphatic carbocycles. The maximum Gasteiger partial charge on any atom is 0.242 e. The fourth-order valence-corrected chi connectivity index (χ4v) is 3.54. The monoisotopic (exact) mass is 384 g/mol. The first-order valence-corrected chi connectivity index (χ1v) is 10.5. The normalized spacial score (nSPS) is 11.6. The van der Waals surface area contributed by atoms with Crippen LogP contribution in [0.2, 0.25) is 0 Å². The van der Waals surface area contributed by atoms with Gasteiger partial charge in [-0.3, -0.25) is 9.59 Å². The second kappa shape index (κ2) is 11.4. The van der Waals surface area contributed by atoms with E-state index in [1.54, 1.807) is 23.6 Å². The van der Waals surface area contributed by atoms with E-state index in [2.05, 4.69) is 17.4 Å². The Bertz CT molecular complexity index is 707. The van der Waals surface area contributed by atoms with Gasteiger partial charge in [-0.1, -0.05) is 67.6 Å². The van der Waals surface area contributed by atoms with E-state index < -0.39 is 6.04 Å². The van der Waals surface area contributed by atoms with Crippen LogP contribution in [-0.4, -0.2) is 35.1 Å². The summed E-state index contributed by atoms with van der Waals surface area (Å²) in [5, 5.41) is 2.90. The Morgan fingerprint density at radius 2 is 1.59 bits per heavy atom. The van der Waals surface area contributed by atoms with Crippen molar-refractivity contribution in [3.05, 3.63) is 71.8 Å². The van der Waals surface area contributed by atoms with Gasteiger partial charge < -0.3 is 10.2 Å². The second-order valence-electron chi connectivity index (χ2n) is 6.45. The van der Waals surface area contributed by atoms with E-state index in [-0.39, 0.29) is 11.8 Å². The number of amides is 2. The number of carbonyl (C=O) groups is 2. The van der Waals surface area contributed by atoms with E-state index in [9.17, 15) is 9.59 Å². The van der Waals surface area contributed by atoms with Crippen LogP contribution in [0, 0.1) is 0 Å². The first kappa shape index (κ1) is 21.0. The highest BCUT2D eigenvalue weighted by Gasteiger charge is 2.25. The van der Waals surface area contributed by atoms with E-state index >= 15 is 0 Å². The summed E-state index contributed by atoms with van der Waals surface area (Å²) in [4.78, 5) is 27.0. The standard InChI is InChI=1S/C22H28N2O2S/c1-3-14-23-22(26)18(2)24(15-19-10-6-4-7-11-19)21(25)17-27-16-20-12-8-5-9-13-20/h4-13,18H,3,14-17H2,1-2H3,(H,23,26)/t18-/m1/s1. The zero-order valence-corrected chi connectivity index (χ0v) is 16.9. The Balaban J connectivity index is 2.00. The lowest BCUT2D eigenvalue weighted by Crippen LogP contribution is -2.48. The molecule has 2 rings (SSSR count). The number of nitrogens with zero attached hydrogens (tertiary/aromatic N) is 1. The fraction of sp³-hybridized carbons (Fsp3) is 0.364. The van der Waals surface area contributed by atoms with E-state index in [0.717, 1.165) is 17.7 Å².